The van der Waals surface area contributed by atoms with Gasteiger partial charge in [0.2, 0.25) is 11.5 Å². The first kappa shape index (κ1) is 48.0. The smallest absolute Gasteiger partial charge is 0.463 e. The minimum atomic E-state index is -4.30. The molecule has 2 bridgehead atoms. The summed E-state index contributed by atoms with van der Waals surface area (Å²) >= 11 is 0. The second-order valence-corrected chi connectivity index (χ2v) is 20.4. The van der Waals surface area contributed by atoms with E-state index in [2.05, 4.69) is 37.1 Å². The van der Waals surface area contributed by atoms with Crippen molar-refractivity contribution in [3.63, 3.8) is 0 Å². The van der Waals surface area contributed by atoms with E-state index in [0.717, 1.165) is 74.9 Å². The van der Waals surface area contributed by atoms with Crippen molar-refractivity contribution in [1.29, 1.82) is 0 Å². The number of aromatic nitrogens is 6. The molecule has 2 amide bonds. The van der Waals surface area contributed by atoms with Crippen LogP contribution in [0.2, 0.25) is 0 Å². The summed E-state index contributed by atoms with van der Waals surface area (Å²) in [7, 11) is -4.30. The molecular formula is C50H55N8O13P. The number of unbranched alkanes of at least 4 members (excludes halogenated alkanes) is 3. The quantitative estimate of drug-likeness (QED) is 0.0502. The maximum absolute atomic E-state index is 13.8. The number of carbonyl (C=O) groups is 4. The van der Waals surface area contributed by atoms with E-state index in [4.69, 9.17) is 28.0 Å². The Kier molecular flexibility index (Phi) is 12.2. The minimum absolute atomic E-state index is 0.0296. The summed E-state index contributed by atoms with van der Waals surface area (Å²) in [5, 5.41) is 21.9. The highest BCUT2D eigenvalue weighted by molar-refractivity contribution is 7.47. The molecule has 4 unspecified atom stereocenters. The van der Waals surface area contributed by atoms with Crippen LogP contribution in [0.3, 0.4) is 0 Å². The van der Waals surface area contributed by atoms with Crippen molar-refractivity contribution in [2.45, 2.75) is 134 Å². The van der Waals surface area contributed by atoms with Crippen LogP contribution in [0.5, 0.6) is 0 Å². The summed E-state index contributed by atoms with van der Waals surface area (Å²) in [5.74, 6) is -1.21. The molecule has 3 aromatic carbocycles. The average Bonchev–Trinajstić information content (AvgIpc) is 4.20. The first-order chi connectivity index (χ1) is 34.7. The van der Waals surface area contributed by atoms with E-state index in [0.29, 0.717) is 42.5 Å². The zero-order valence-electron chi connectivity index (χ0n) is 40.2. The second kappa shape index (κ2) is 18.3. The summed E-state index contributed by atoms with van der Waals surface area (Å²) in [4.78, 5) is 73.8. The van der Waals surface area contributed by atoms with Crippen molar-refractivity contribution in [2.75, 3.05) is 18.5 Å². The number of hydrogen-bond acceptors (Lipinski definition) is 15. The zero-order chi connectivity index (χ0) is 50.3. The molecule has 3 fully saturated rings. The molecular weight excluding hydrogens is 952 g/mol. The van der Waals surface area contributed by atoms with Gasteiger partial charge in [0, 0.05) is 47.4 Å². The highest BCUT2D eigenvalue weighted by Gasteiger charge is 2.66. The summed E-state index contributed by atoms with van der Waals surface area (Å²) in [6, 6.07) is 16.0. The van der Waals surface area contributed by atoms with Crippen LogP contribution >= 0.6 is 7.82 Å². The van der Waals surface area contributed by atoms with Gasteiger partial charge in [-0.3, -0.25) is 28.0 Å². The summed E-state index contributed by atoms with van der Waals surface area (Å²) in [6.07, 6.45) is 3.92. The predicted molar refractivity (Wildman–Crippen MR) is 260 cm³/mol. The van der Waals surface area contributed by atoms with Gasteiger partial charge in [-0.15, -0.1) is 0 Å². The number of aliphatic hydroxyl groups is 1. The Hall–Kier alpha value is -6.32. The van der Waals surface area contributed by atoms with Crippen molar-refractivity contribution in [3.8, 4) is 0 Å². The van der Waals surface area contributed by atoms with Crippen LogP contribution in [-0.4, -0.2) is 99.5 Å². The van der Waals surface area contributed by atoms with Gasteiger partial charge in [-0.2, -0.15) is 0 Å². The van der Waals surface area contributed by atoms with Crippen LogP contribution < -0.4 is 10.6 Å². The molecule has 5 aliphatic rings. The largest absolute Gasteiger partial charge is 0.472 e. The maximum Gasteiger partial charge on any atom is 0.472 e. The fourth-order valence-corrected chi connectivity index (χ4v) is 12.1. The maximum atomic E-state index is 13.8. The van der Waals surface area contributed by atoms with E-state index >= 15 is 0 Å². The molecule has 12 rings (SSSR count). The van der Waals surface area contributed by atoms with E-state index in [1.165, 1.54) is 17.2 Å². The Balaban J connectivity index is 0.000000160. The molecule has 0 spiro atoms. The van der Waals surface area contributed by atoms with Crippen LogP contribution in [0.25, 0.3) is 54.8 Å². The number of imidazole rings is 1. The lowest BCUT2D eigenvalue weighted by molar-refractivity contribution is -0.205. The molecule has 4 aromatic heterocycles. The number of phosphoric ester groups is 1. The Morgan fingerprint density at radius 3 is 2.46 bits per heavy atom. The van der Waals surface area contributed by atoms with E-state index in [-0.39, 0.29) is 43.7 Å². The lowest BCUT2D eigenvalue weighted by atomic mass is 9.88. The number of ether oxygens (including phenoxy) is 4. The van der Waals surface area contributed by atoms with Crippen LogP contribution in [0.4, 0.5) is 5.82 Å². The third kappa shape index (κ3) is 7.50. The van der Waals surface area contributed by atoms with Gasteiger partial charge >= 0.3 is 19.8 Å². The first-order valence-corrected chi connectivity index (χ1v) is 26.1. The van der Waals surface area contributed by atoms with Crippen molar-refractivity contribution in [1.82, 2.24) is 34.0 Å². The first-order valence-electron chi connectivity index (χ1n) is 24.6. The molecule has 8 atom stereocenters. The third-order valence-electron chi connectivity index (χ3n) is 14.4. The number of fused-ring (bicyclic) bond motifs is 15. The number of phosphoric acid groups is 1. The number of carbonyl (C=O) groups excluding carboxylic acids is 4. The Labute approximate surface area is 411 Å². The van der Waals surface area contributed by atoms with Crippen LogP contribution in [-0.2, 0) is 59.2 Å². The highest BCUT2D eigenvalue weighted by atomic mass is 31.2. The lowest BCUT2D eigenvalue weighted by Gasteiger charge is -2.37. The molecule has 9 heterocycles. The van der Waals surface area contributed by atoms with Gasteiger partial charge in [-0.25, -0.2) is 24.3 Å². The monoisotopic (exact) mass is 1010 g/mol. The summed E-state index contributed by atoms with van der Waals surface area (Å²) in [5.41, 5.74) is 2.39. The molecule has 3 saturated heterocycles. The number of nitrogens with one attached hydrogen (secondary N) is 2. The van der Waals surface area contributed by atoms with E-state index in [9.17, 15) is 33.7 Å². The van der Waals surface area contributed by atoms with Gasteiger partial charge in [0.15, 0.2) is 35.0 Å². The number of nitrogens with zero attached hydrogens (tertiary/aromatic N) is 6. The fourth-order valence-electron chi connectivity index (χ4n) is 11.2. The molecule has 0 saturated carbocycles. The van der Waals surface area contributed by atoms with Gasteiger partial charge in [0.25, 0.3) is 5.91 Å². The Morgan fingerprint density at radius 1 is 0.944 bits per heavy atom. The number of anilines is 1. The van der Waals surface area contributed by atoms with Crippen molar-refractivity contribution < 1.29 is 61.7 Å². The standard InChI is InChI=1S/C32H31N3O5.C18H24N5O8P/c1-3-4-5-10-15-39-30(37)32(38)16-23-34-21-13-8-6-11-18(21)25-26-20(17-33-29(26)36)24-19-12-7-9-14-22(19)35(28(24)27(25)34)31(32,2)40-23;1-3-5-11(24)22-16-13-17(20-8-19-16)23(9-21-13)18-15(30-12(25)6-4-2)14-10(29-18)7-28-32(26,27)31-14/h6-9,11-14,23,38H,3-5,10,15-17H2,1-2H3,(H,33,36);8-10,14-15,18H,3-7H2,1-2H3,(H,26,27)(H,19,20,22,24)/t;10-,14-,15-,18-/m.1/s1. The van der Waals surface area contributed by atoms with Gasteiger partial charge in [-0.1, -0.05) is 76.4 Å². The molecule has 4 N–H and O–H groups in total. The lowest BCUT2D eigenvalue weighted by Crippen LogP contribution is -2.56. The molecule has 0 aliphatic carbocycles. The SMILES string of the molecule is CCCC(=O)Nc1ncnc2c1ncn2[C@@H]1O[C@@H]2COP(=O)(O)O[C@H]2[C@H]1OC(=O)CCC.CCCCCCOC(=O)C1(O)CC2OC1(C)n1c3ccccc3c3c4c(c5c6ccccc6n2c5c31)C(=O)NC4. The molecule has 21 nitrogen and oxygen atoms in total. The zero-order valence-corrected chi connectivity index (χ0v) is 41.1. The van der Waals surface area contributed by atoms with Crippen molar-refractivity contribution in [3.05, 3.63) is 72.3 Å². The molecule has 7 aromatic rings. The Bertz CT molecular complexity index is 3410. The average molecular weight is 1010 g/mol. The summed E-state index contributed by atoms with van der Waals surface area (Å²) < 4.78 is 51.8. The molecule has 0 radical (unpaired) electrons. The molecule has 22 heteroatoms. The van der Waals surface area contributed by atoms with Crippen LogP contribution in [0, 0.1) is 0 Å². The second-order valence-electron chi connectivity index (χ2n) is 19.0. The van der Waals surface area contributed by atoms with Gasteiger partial charge in [-0.05, 0) is 43.9 Å². The van der Waals surface area contributed by atoms with Crippen molar-refractivity contribution in [2.24, 2.45) is 0 Å². The third-order valence-corrected chi connectivity index (χ3v) is 15.4. The predicted octanol–water partition coefficient (Wildman–Crippen LogP) is 7.30. The normalized spacial score (nSPS) is 27.0. The molecule has 378 valence electrons. The number of amides is 2. The highest BCUT2D eigenvalue weighted by Crippen LogP contribution is 2.58. The number of hydrogen-bond donors (Lipinski definition) is 4. The fraction of sp³-hybridized carbons (Fsp3) is 0.460. The Morgan fingerprint density at radius 2 is 1.69 bits per heavy atom. The van der Waals surface area contributed by atoms with Gasteiger partial charge < -0.3 is 48.7 Å². The van der Waals surface area contributed by atoms with Gasteiger partial charge in [0.05, 0.1) is 47.2 Å². The van der Waals surface area contributed by atoms with E-state index in [1.54, 1.807) is 6.92 Å². The number of rotatable bonds is 13. The minimum Gasteiger partial charge on any atom is -0.463 e. The number of esters is 2. The van der Waals surface area contributed by atoms with Crippen LogP contribution in [0.1, 0.15) is 114 Å². The summed E-state index contributed by atoms with van der Waals surface area (Å²) in [6.45, 7) is 8.12. The van der Waals surface area contributed by atoms with Gasteiger partial charge in [0.1, 0.15) is 24.8 Å². The number of benzene rings is 3. The number of para-hydroxylation sites is 2. The van der Waals surface area contributed by atoms with Crippen LogP contribution in [0.15, 0.2) is 61.2 Å². The molecule has 5 aliphatic heterocycles. The van der Waals surface area contributed by atoms with E-state index in [1.807, 2.05) is 66.9 Å². The van der Waals surface area contributed by atoms with E-state index < -0.39 is 61.9 Å². The topological polar surface area (TPSA) is 259 Å². The molecule has 72 heavy (non-hydrogen) atoms. The van der Waals surface area contributed by atoms with Crippen molar-refractivity contribution >= 4 is 92.2 Å².